The Labute approximate surface area is 249 Å². The van der Waals surface area contributed by atoms with Crippen LogP contribution < -0.4 is 11.5 Å². The molecule has 6 heterocycles. The summed E-state index contributed by atoms with van der Waals surface area (Å²) in [6.45, 7) is 1.34. The largest absolute Gasteiger partial charge is 0.472 e. The molecule has 3 saturated heterocycles. The number of aliphatic hydroxyl groups is 1. The Bertz CT molecular complexity index is 1760. The zero-order valence-corrected chi connectivity index (χ0v) is 24.3. The maximum atomic E-state index is 15.9. The maximum Gasteiger partial charge on any atom is 0.472 e. The molecule has 3 aliphatic heterocycles. The van der Waals surface area contributed by atoms with Gasteiger partial charge in [0.1, 0.15) is 53.7 Å². The number of carbonyl (C=O) groups is 1. The summed E-state index contributed by atoms with van der Waals surface area (Å²) in [5, 5.41) is 10.9. The molecule has 0 aromatic carbocycles. The van der Waals surface area contributed by atoms with Gasteiger partial charge in [0, 0.05) is 6.20 Å². The minimum absolute atomic E-state index is 0.0252. The average molecular weight is 680 g/mol. The van der Waals surface area contributed by atoms with Crippen molar-refractivity contribution < 1.29 is 65.2 Å². The van der Waals surface area contributed by atoms with Crippen LogP contribution in [0.15, 0.2) is 23.8 Å². The van der Waals surface area contributed by atoms with E-state index in [1.807, 2.05) is 0 Å². The number of phosphoric ester groups is 2. The molecule has 2 unspecified atom stereocenters. The van der Waals surface area contributed by atoms with Gasteiger partial charge in [-0.25, -0.2) is 37.9 Å². The number of rotatable bonds is 4. The third-order valence-corrected chi connectivity index (χ3v) is 9.15. The van der Waals surface area contributed by atoms with Gasteiger partial charge in [-0.15, -0.1) is 0 Å². The summed E-state index contributed by atoms with van der Waals surface area (Å²) in [5.41, 5.74) is 10.4. The van der Waals surface area contributed by atoms with Gasteiger partial charge < -0.3 is 40.4 Å². The van der Waals surface area contributed by atoms with Crippen LogP contribution in [0, 0.1) is 5.82 Å². The fourth-order valence-electron chi connectivity index (χ4n) is 5.20. The lowest BCUT2D eigenvalue weighted by atomic mass is 10.1. The van der Waals surface area contributed by atoms with Crippen molar-refractivity contribution in [2.24, 2.45) is 10.7 Å². The van der Waals surface area contributed by atoms with Crippen LogP contribution in [0.25, 0.3) is 11.2 Å². The van der Waals surface area contributed by atoms with Crippen molar-refractivity contribution in [3.63, 3.8) is 0 Å². The van der Waals surface area contributed by atoms with Gasteiger partial charge in [-0.3, -0.25) is 27.5 Å². The highest BCUT2D eigenvalue weighted by atomic mass is 31.2. The second-order valence-corrected chi connectivity index (χ2v) is 12.7. The molecule has 3 fully saturated rings. The summed E-state index contributed by atoms with van der Waals surface area (Å²) in [6.07, 6.45) is -11.7. The van der Waals surface area contributed by atoms with E-state index < -0.39 is 101 Å². The Morgan fingerprint density at radius 1 is 1.04 bits per heavy atom. The van der Waals surface area contributed by atoms with Crippen molar-refractivity contribution in [1.29, 1.82) is 0 Å². The molecule has 24 heteroatoms. The highest BCUT2D eigenvalue weighted by Gasteiger charge is 2.54. The van der Waals surface area contributed by atoms with Gasteiger partial charge in [-0.05, 0) is 6.72 Å². The summed E-state index contributed by atoms with van der Waals surface area (Å²) in [4.78, 5) is 48.3. The van der Waals surface area contributed by atoms with Gasteiger partial charge in [0.15, 0.2) is 35.9 Å². The molecule has 20 nitrogen and oxygen atoms in total. The van der Waals surface area contributed by atoms with E-state index in [0.29, 0.717) is 6.20 Å². The Morgan fingerprint density at radius 3 is 2.36 bits per heavy atom. The second kappa shape index (κ2) is 11.5. The molecule has 3 aromatic heterocycles. The molecule has 0 radical (unpaired) electrons. The predicted octanol–water partition coefficient (Wildman–Crippen LogP) is -0.00790. The van der Waals surface area contributed by atoms with Gasteiger partial charge in [0.2, 0.25) is 0 Å². The lowest BCUT2D eigenvalue weighted by Gasteiger charge is -2.26. The van der Waals surface area contributed by atoms with E-state index in [1.54, 1.807) is 0 Å². The number of phosphoric acid groups is 2. The first-order chi connectivity index (χ1) is 21.2. The molecule has 3 aliphatic rings. The summed E-state index contributed by atoms with van der Waals surface area (Å²) >= 11 is 0. The van der Waals surface area contributed by atoms with Crippen molar-refractivity contribution in [1.82, 2.24) is 24.1 Å². The van der Waals surface area contributed by atoms with Crippen LogP contribution in [0.3, 0.4) is 0 Å². The van der Waals surface area contributed by atoms with Crippen LogP contribution in [0.2, 0.25) is 0 Å². The second-order valence-electron chi connectivity index (χ2n) is 9.92. The predicted molar refractivity (Wildman–Crippen MR) is 142 cm³/mol. The van der Waals surface area contributed by atoms with Gasteiger partial charge in [-0.2, -0.15) is 0 Å². The number of imidazole rings is 1. The minimum Gasteiger partial charge on any atom is -0.387 e. The van der Waals surface area contributed by atoms with E-state index in [1.165, 1.54) is 0 Å². The summed E-state index contributed by atoms with van der Waals surface area (Å²) in [7, 11) is -10.4. The Kier molecular flexibility index (Phi) is 8.11. The third-order valence-electron chi connectivity index (χ3n) is 7.18. The van der Waals surface area contributed by atoms with E-state index in [4.69, 9.17) is 39.0 Å². The highest BCUT2D eigenvalue weighted by molar-refractivity contribution is 7.47. The van der Waals surface area contributed by atoms with Crippen LogP contribution in [0.1, 0.15) is 22.8 Å². The molecule has 3 aromatic rings. The number of fused-ring (bicyclic) bond motifs is 4. The summed E-state index contributed by atoms with van der Waals surface area (Å²) < 4.78 is 90.0. The van der Waals surface area contributed by atoms with Gasteiger partial charge in [0.05, 0.1) is 19.5 Å². The monoisotopic (exact) mass is 680 g/mol. The van der Waals surface area contributed by atoms with E-state index in [9.17, 15) is 33.2 Å². The highest BCUT2D eigenvalue weighted by Crippen LogP contribution is 2.54. The number of halogens is 2. The SMILES string of the molecule is C=Nc1c(C(N)=O)c(F)cn1[C@@H]1O[C@@H]2COP(=O)(O)O[C@H]3[C@@H](F)[C@H](n4cnc5c(N)ncnc54)O[C@@H]3COP(=O)(O)O[C@@H]1[C@@H]2O. The number of nitrogens with two attached hydrogens (primary N) is 2. The topological polar surface area (TPSA) is 280 Å². The first kappa shape index (κ1) is 31.7. The minimum atomic E-state index is -5.24. The van der Waals surface area contributed by atoms with Crippen molar-refractivity contribution in [3.8, 4) is 0 Å². The third kappa shape index (κ3) is 5.68. The first-order valence-electron chi connectivity index (χ1n) is 12.8. The summed E-state index contributed by atoms with van der Waals surface area (Å²) in [5.74, 6) is -2.93. The Balaban J connectivity index is 1.32. The number of alkyl halides is 1. The van der Waals surface area contributed by atoms with Gasteiger partial charge in [0.25, 0.3) is 5.91 Å². The maximum absolute atomic E-state index is 15.9. The standard InChI is InChI=1S/C21H24F2N8O12P2/c1-26-18-10(17(25)33)7(22)2-30(18)21-15-13(32)8(40-21)3-38-44(34,35)42-14-9(4-39-45(36,37)43-15)41-20(11(14)23)31-6-29-12-16(24)27-5-28-19(12)31/h2,5-6,8-9,11,13-15,20-21,32H,1,3-4H2,(H2,25,33)(H,34,35)(H,36,37)(H2,24,27,28)/t8-,9-,11-,13-,14-,15-,20-,21-/m1/s1. The van der Waals surface area contributed by atoms with Crippen LogP contribution in [0.5, 0.6) is 0 Å². The number of nitrogen functional groups attached to an aromatic ring is 1. The zero-order valence-electron chi connectivity index (χ0n) is 22.5. The molecule has 0 saturated carbocycles. The number of aliphatic imine (C=N–C) groups is 1. The molecule has 6 rings (SSSR count). The molecule has 244 valence electrons. The van der Waals surface area contributed by atoms with Crippen molar-refractivity contribution in [2.75, 3.05) is 18.9 Å². The number of anilines is 1. The van der Waals surface area contributed by atoms with E-state index in [0.717, 1.165) is 21.8 Å². The Morgan fingerprint density at radius 2 is 1.69 bits per heavy atom. The number of hydrogen-bond acceptors (Lipinski definition) is 15. The number of aromatic nitrogens is 5. The Hall–Kier alpha value is -3.27. The van der Waals surface area contributed by atoms with E-state index in [-0.39, 0.29) is 17.0 Å². The normalized spacial score (nSPS) is 37.4. The fraction of sp³-hybridized carbons (Fsp3) is 0.476. The molecule has 45 heavy (non-hydrogen) atoms. The molecule has 10 atom stereocenters. The van der Waals surface area contributed by atoms with Crippen LogP contribution in [-0.4, -0.2) is 102 Å². The number of amides is 1. The lowest BCUT2D eigenvalue weighted by molar-refractivity contribution is -0.0675. The van der Waals surface area contributed by atoms with Crippen LogP contribution >= 0.6 is 15.6 Å². The fourth-order valence-corrected chi connectivity index (χ4v) is 7.09. The number of carbonyl (C=O) groups excluding carboxylic acids is 1. The first-order valence-corrected chi connectivity index (χ1v) is 15.7. The average Bonchev–Trinajstić information content (AvgIpc) is 3.70. The molecular weight excluding hydrogens is 656 g/mol. The van der Waals surface area contributed by atoms with Crippen molar-refractivity contribution in [2.45, 2.75) is 49.1 Å². The van der Waals surface area contributed by atoms with Gasteiger partial charge in [-0.1, -0.05) is 0 Å². The molecule has 0 spiro atoms. The number of primary amides is 1. The number of aliphatic hydroxyl groups excluding tert-OH is 1. The lowest BCUT2D eigenvalue weighted by Crippen LogP contribution is -2.35. The number of nitrogens with zero attached hydrogens (tertiary/aromatic N) is 6. The van der Waals surface area contributed by atoms with E-state index >= 15 is 4.39 Å². The van der Waals surface area contributed by atoms with E-state index in [2.05, 4.69) is 26.7 Å². The smallest absolute Gasteiger partial charge is 0.387 e. The van der Waals surface area contributed by atoms with Crippen molar-refractivity contribution >= 4 is 51.1 Å². The van der Waals surface area contributed by atoms with Crippen molar-refractivity contribution in [3.05, 3.63) is 30.2 Å². The molecular formula is C21H24F2N8O12P2. The quantitative estimate of drug-likeness (QED) is 0.179. The van der Waals surface area contributed by atoms with Crippen LogP contribution in [-0.2, 0) is 36.7 Å². The molecule has 0 aliphatic carbocycles. The zero-order chi connectivity index (χ0) is 32.4. The van der Waals surface area contributed by atoms with Gasteiger partial charge >= 0.3 is 15.6 Å². The number of hydrogen-bond donors (Lipinski definition) is 5. The summed E-state index contributed by atoms with van der Waals surface area (Å²) in [6, 6.07) is 0. The van der Waals surface area contributed by atoms with Crippen LogP contribution in [0.4, 0.5) is 20.4 Å². The molecule has 7 N–H and O–H groups in total. The number of ether oxygens (including phenoxy) is 2. The molecule has 1 amide bonds. The molecule has 2 bridgehead atoms.